The molecule has 10 rings (SSSR count). The third kappa shape index (κ3) is 24.1. The molecule has 19 heteroatoms. The highest BCUT2D eigenvalue weighted by atomic mass is 19.1. The molecular formula is C64H64F3NO15. The first-order valence-corrected chi connectivity index (χ1v) is 26.7. The van der Waals surface area contributed by atoms with Crippen molar-refractivity contribution in [2.45, 2.75) is 114 Å². The van der Waals surface area contributed by atoms with Gasteiger partial charge in [-0.2, -0.15) is 0 Å². The molecule has 16 nitrogen and oxygen atoms in total. The van der Waals surface area contributed by atoms with Crippen LogP contribution >= 0.6 is 0 Å². The van der Waals surface area contributed by atoms with Crippen LogP contribution in [0.15, 0.2) is 193 Å². The second-order valence-electron chi connectivity index (χ2n) is 19.5. The fourth-order valence-electron chi connectivity index (χ4n) is 8.73. The topological polar surface area (TPSA) is 246 Å². The number of esters is 5. The minimum Gasteiger partial charge on any atom is -0.512 e. The lowest BCUT2D eigenvalue weighted by Gasteiger charge is -2.20. The van der Waals surface area contributed by atoms with E-state index in [1.54, 1.807) is 54.9 Å². The molecule has 6 heterocycles. The molecule has 0 aliphatic carbocycles. The Labute approximate surface area is 477 Å². The Morgan fingerprint density at radius 1 is 0.434 bits per heavy atom. The second-order valence-corrected chi connectivity index (χ2v) is 19.5. The first-order chi connectivity index (χ1) is 39.9. The summed E-state index contributed by atoms with van der Waals surface area (Å²) in [6, 6.07) is 32.8. The first-order valence-electron chi connectivity index (χ1n) is 26.7. The van der Waals surface area contributed by atoms with Crippen LogP contribution in [-0.4, -0.2) is 90.9 Å². The van der Waals surface area contributed by atoms with E-state index in [-0.39, 0.29) is 70.7 Å². The largest absolute Gasteiger partial charge is 0.512 e. The fraction of sp³-hybridized carbons (Fsp3) is 0.281. The maximum Gasteiger partial charge on any atom is 0.334 e. The second kappa shape index (κ2) is 32.8. The van der Waals surface area contributed by atoms with Crippen molar-refractivity contribution in [3.8, 4) is 0 Å². The van der Waals surface area contributed by atoms with E-state index in [2.05, 4.69) is 4.98 Å². The van der Waals surface area contributed by atoms with Crippen molar-refractivity contribution >= 4 is 35.9 Å². The number of carbonyl (C=O) groups excluding carboxylic acids is 5. The quantitative estimate of drug-likeness (QED) is 0.0512. The molecule has 5 aliphatic heterocycles. The number of aromatic nitrogens is 1. The SMILES string of the molecule is O=C1C=C(O)CC(/C=C/c2cccnc2)O1.O=C1C=C(O)CC(CCc2ccc(F)cc2)O1.O=C1C=C(O)CC(CCc2cccc(F)c2)O1.O=C1C=C(O)CC(CCc2ccccc2)O1.O=C1C=C(O)CC(CCc2ccccc2F)O1. The highest BCUT2D eigenvalue weighted by Crippen LogP contribution is 2.23. The van der Waals surface area contributed by atoms with E-state index < -0.39 is 36.0 Å². The molecule has 83 heavy (non-hydrogen) atoms. The lowest BCUT2D eigenvalue weighted by molar-refractivity contribution is -0.146. The van der Waals surface area contributed by atoms with Gasteiger partial charge in [0.1, 0.15) is 76.8 Å². The molecule has 5 atom stereocenters. The molecule has 5 aliphatic rings. The summed E-state index contributed by atoms with van der Waals surface area (Å²) < 4.78 is 64.1. The molecule has 0 radical (unpaired) electrons. The summed E-state index contributed by atoms with van der Waals surface area (Å²) in [5.74, 6) is -2.99. The van der Waals surface area contributed by atoms with E-state index in [1.807, 2.05) is 54.6 Å². The third-order valence-corrected chi connectivity index (χ3v) is 12.8. The highest BCUT2D eigenvalue weighted by molar-refractivity contribution is 5.85. The summed E-state index contributed by atoms with van der Waals surface area (Å²) >= 11 is 0. The molecule has 436 valence electrons. The summed E-state index contributed by atoms with van der Waals surface area (Å²) in [6.07, 6.45) is 17.6. The van der Waals surface area contributed by atoms with E-state index in [0.29, 0.717) is 76.2 Å². The Balaban J connectivity index is 0.000000167. The van der Waals surface area contributed by atoms with Crippen LogP contribution in [-0.2, 0) is 73.3 Å². The van der Waals surface area contributed by atoms with Crippen molar-refractivity contribution < 1.29 is 86.4 Å². The Bertz CT molecular complexity index is 3160. The van der Waals surface area contributed by atoms with Gasteiger partial charge in [-0.15, -0.1) is 0 Å². The summed E-state index contributed by atoms with van der Waals surface area (Å²) in [4.78, 5) is 59.1. The van der Waals surface area contributed by atoms with Crippen LogP contribution in [0, 0.1) is 17.5 Å². The molecule has 5 unspecified atom stereocenters. The van der Waals surface area contributed by atoms with Gasteiger partial charge >= 0.3 is 29.8 Å². The Morgan fingerprint density at radius 2 is 0.867 bits per heavy atom. The zero-order valence-electron chi connectivity index (χ0n) is 45.1. The van der Waals surface area contributed by atoms with E-state index in [9.17, 15) is 62.7 Å². The number of rotatable bonds is 14. The molecule has 0 saturated heterocycles. The lowest BCUT2D eigenvalue weighted by Crippen LogP contribution is -2.23. The fourth-order valence-corrected chi connectivity index (χ4v) is 8.73. The van der Waals surface area contributed by atoms with Gasteiger partial charge in [0, 0.05) is 44.5 Å². The number of hydrogen-bond donors (Lipinski definition) is 5. The standard InChI is InChI=1S/3C13H13FO3.C13H14O3.C12H11NO3/c14-10-4-1-9(2-5-10)3-6-12-7-11(15)8-13(16)17-12;14-10-3-1-2-9(6-10)4-5-12-7-11(15)8-13(16)17-12;14-12-4-2-1-3-9(12)5-6-11-7-10(15)8-13(16)17-11;14-11-8-12(16-13(15)9-11)7-6-10-4-2-1-3-5-10;14-10-6-11(16-12(15)7-10)4-3-9-2-1-5-13-8-9/h1-2,4-5,8,12,15H,3,6-7H2;1-3,6,8,12,15H,4-5,7H2;1-4,8,11,15H,5-7H2;1-5,9,12,14H,6-8H2;1-5,7-8,11,14H,6H2/b;;;;4-3+. The number of ether oxygens (including phenoxy) is 5. The van der Waals surface area contributed by atoms with Crippen LogP contribution in [0.5, 0.6) is 0 Å². The first kappa shape index (κ1) is 62.8. The number of benzene rings is 4. The average Bonchev–Trinajstić information content (AvgIpc) is 3.47. The van der Waals surface area contributed by atoms with Gasteiger partial charge in [0.2, 0.25) is 0 Å². The molecular weight excluding hydrogens is 1080 g/mol. The van der Waals surface area contributed by atoms with Gasteiger partial charge in [-0.1, -0.05) is 84.9 Å². The average molecular weight is 1140 g/mol. The predicted octanol–water partition coefficient (Wildman–Crippen LogP) is 11.8. The summed E-state index contributed by atoms with van der Waals surface area (Å²) in [5.41, 5.74) is 4.57. The zero-order chi connectivity index (χ0) is 59.5. The zero-order valence-corrected chi connectivity index (χ0v) is 45.1. The summed E-state index contributed by atoms with van der Waals surface area (Å²) in [7, 11) is 0. The van der Waals surface area contributed by atoms with E-state index >= 15 is 0 Å². The number of hydrogen-bond acceptors (Lipinski definition) is 16. The Morgan fingerprint density at radius 3 is 1.33 bits per heavy atom. The molecule has 0 fully saturated rings. The molecule has 5 N–H and O–H groups in total. The lowest BCUT2D eigenvalue weighted by atomic mass is 10.0. The third-order valence-electron chi connectivity index (χ3n) is 12.8. The number of aliphatic hydroxyl groups excluding tert-OH is 5. The maximum absolute atomic E-state index is 13.3. The number of aryl methyl sites for hydroxylation is 4. The Kier molecular flexibility index (Phi) is 24.8. The summed E-state index contributed by atoms with van der Waals surface area (Å²) in [6.45, 7) is 0. The molecule has 0 amide bonds. The van der Waals surface area contributed by atoms with Gasteiger partial charge in [-0.3, -0.25) is 4.98 Å². The van der Waals surface area contributed by atoms with Crippen LogP contribution in [0.4, 0.5) is 13.2 Å². The van der Waals surface area contributed by atoms with Crippen molar-refractivity contribution in [3.63, 3.8) is 0 Å². The van der Waals surface area contributed by atoms with Crippen molar-refractivity contribution in [1.29, 1.82) is 0 Å². The van der Waals surface area contributed by atoms with E-state index in [4.69, 9.17) is 23.7 Å². The van der Waals surface area contributed by atoms with Crippen molar-refractivity contribution in [2.75, 3.05) is 0 Å². The normalized spacial score (nSPS) is 20.0. The van der Waals surface area contributed by atoms with Crippen LogP contribution in [0.2, 0.25) is 0 Å². The van der Waals surface area contributed by atoms with Gasteiger partial charge in [-0.25, -0.2) is 37.1 Å². The van der Waals surface area contributed by atoms with Gasteiger partial charge in [-0.05, 0) is 122 Å². The van der Waals surface area contributed by atoms with E-state index in [0.717, 1.165) is 59.9 Å². The van der Waals surface area contributed by atoms with Crippen molar-refractivity contribution in [3.05, 3.63) is 238 Å². The minimum atomic E-state index is -0.535. The monoisotopic (exact) mass is 1140 g/mol. The Hall–Kier alpha value is -9.39. The molecule has 0 bridgehead atoms. The molecule has 5 aromatic rings. The molecule has 0 saturated carbocycles. The van der Waals surface area contributed by atoms with Gasteiger partial charge < -0.3 is 49.2 Å². The molecule has 1 aromatic heterocycles. The van der Waals surface area contributed by atoms with Crippen molar-refractivity contribution in [1.82, 2.24) is 4.98 Å². The van der Waals surface area contributed by atoms with Crippen LogP contribution in [0.1, 0.15) is 85.6 Å². The molecule has 4 aromatic carbocycles. The minimum absolute atomic E-state index is 0.0276. The number of carbonyl (C=O) groups is 5. The maximum atomic E-state index is 13.3. The smallest absolute Gasteiger partial charge is 0.334 e. The number of cyclic esters (lactones) is 5. The van der Waals surface area contributed by atoms with Gasteiger partial charge in [0.25, 0.3) is 0 Å². The van der Waals surface area contributed by atoms with Gasteiger partial charge in [0.05, 0.1) is 30.4 Å². The molecule has 0 spiro atoms. The van der Waals surface area contributed by atoms with Crippen LogP contribution in [0.3, 0.4) is 0 Å². The summed E-state index contributed by atoms with van der Waals surface area (Å²) in [5, 5.41) is 46.4. The van der Waals surface area contributed by atoms with Crippen molar-refractivity contribution in [2.24, 2.45) is 0 Å². The van der Waals surface area contributed by atoms with Gasteiger partial charge in [0.15, 0.2) is 0 Å². The van der Waals surface area contributed by atoms with E-state index in [1.165, 1.54) is 35.9 Å². The van der Waals surface area contributed by atoms with Crippen LogP contribution < -0.4 is 0 Å². The predicted molar refractivity (Wildman–Crippen MR) is 298 cm³/mol. The highest BCUT2D eigenvalue weighted by Gasteiger charge is 2.25. The number of pyridine rings is 1. The van der Waals surface area contributed by atoms with Crippen LogP contribution in [0.25, 0.3) is 6.08 Å². The number of nitrogens with zero attached hydrogens (tertiary/aromatic N) is 1. The number of halogens is 3. The number of aliphatic hydroxyl groups is 5.